The van der Waals surface area contributed by atoms with Crippen LogP contribution < -0.4 is 5.32 Å². The van der Waals surface area contributed by atoms with Gasteiger partial charge in [0.15, 0.2) is 0 Å². The zero-order valence-electron chi connectivity index (χ0n) is 22.5. The Hall–Kier alpha value is -1.59. The van der Waals surface area contributed by atoms with E-state index in [4.69, 9.17) is 9.47 Å². The molecule has 1 fully saturated rings. The zero-order valence-corrected chi connectivity index (χ0v) is 22.5. The lowest BCUT2D eigenvalue weighted by atomic mass is 9.86. The van der Waals surface area contributed by atoms with Crippen molar-refractivity contribution in [3.8, 4) is 0 Å². The number of hydrogen-bond donors (Lipinski definition) is 1. The highest BCUT2D eigenvalue weighted by Crippen LogP contribution is 2.33. The summed E-state index contributed by atoms with van der Waals surface area (Å²) in [6.45, 7) is 10.7. The first-order chi connectivity index (χ1) is 16.3. The molecule has 0 aromatic rings. The number of cyclic esters (lactones) is 1. The highest BCUT2D eigenvalue weighted by Gasteiger charge is 2.43. The molecule has 1 N–H and O–H groups in total. The van der Waals surface area contributed by atoms with Crippen LogP contribution in [0.4, 0.5) is 0 Å². The van der Waals surface area contributed by atoms with Gasteiger partial charge < -0.3 is 14.8 Å². The SMILES string of the molecule is CCCCCCCCC[C@@H](C[C@@H]1OC(=O)[C@H]1CCCCC(C)C)OC(=O)[C@H](CC(C)C)NC=O. The molecular weight excluding hydrogens is 430 g/mol. The summed E-state index contributed by atoms with van der Waals surface area (Å²) in [6, 6.07) is -0.634. The first-order valence-electron chi connectivity index (χ1n) is 13.9. The van der Waals surface area contributed by atoms with Crippen LogP contribution in [0.25, 0.3) is 0 Å². The second kappa shape index (κ2) is 17.8. The van der Waals surface area contributed by atoms with Crippen LogP contribution in [0.1, 0.15) is 125 Å². The topological polar surface area (TPSA) is 81.7 Å². The van der Waals surface area contributed by atoms with Gasteiger partial charge in [-0.2, -0.15) is 0 Å². The van der Waals surface area contributed by atoms with Crippen molar-refractivity contribution in [2.24, 2.45) is 17.8 Å². The van der Waals surface area contributed by atoms with Crippen LogP contribution in [0, 0.1) is 17.8 Å². The zero-order chi connectivity index (χ0) is 25.3. The predicted molar refractivity (Wildman–Crippen MR) is 136 cm³/mol. The van der Waals surface area contributed by atoms with Crippen LogP contribution in [-0.2, 0) is 23.9 Å². The van der Waals surface area contributed by atoms with E-state index in [1.807, 2.05) is 13.8 Å². The average molecular weight is 482 g/mol. The fourth-order valence-corrected chi connectivity index (χ4v) is 4.68. The van der Waals surface area contributed by atoms with Gasteiger partial charge in [-0.15, -0.1) is 0 Å². The van der Waals surface area contributed by atoms with E-state index < -0.39 is 6.04 Å². The van der Waals surface area contributed by atoms with Crippen molar-refractivity contribution >= 4 is 18.3 Å². The highest BCUT2D eigenvalue weighted by molar-refractivity contribution is 5.79. The highest BCUT2D eigenvalue weighted by atomic mass is 16.6. The van der Waals surface area contributed by atoms with E-state index in [9.17, 15) is 14.4 Å². The molecule has 0 spiro atoms. The third kappa shape index (κ3) is 12.8. The Labute approximate surface area is 208 Å². The van der Waals surface area contributed by atoms with Crippen molar-refractivity contribution in [1.29, 1.82) is 0 Å². The number of unbranched alkanes of at least 4 members (excludes halogenated alkanes) is 7. The van der Waals surface area contributed by atoms with Crippen molar-refractivity contribution in [3.63, 3.8) is 0 Å². The monoisotopic (exact) mass is 481 g/mol. The van der Waals surface area contributed by atoms with Gasteiger partial charge >= 0.3 is 11.9 Å². The van der Waals surface area contributed by atoms with Gasteiger partial charge in [0.05, 0.1) is 5.92 Å². The van der Waals surface area contributed by atoms with Gasteiger partial charge in [-0.1, -0.05) is 92.4 Å². The molecule has 0 aromatic heterocycles. The van der Waals surface area contributed by atoms with E-state index in [0.29, 0.717) is 25.2 Å². The summed E-state index contributed by atoms with van der Waals surface area (Å²) in [7, 11) is 0. The van der Waals surface area contributed by atoms with E-state index in [1.165, 1.54) is 38.5 Å². The normalized spacial score (nSPS) is 19.4. The fraction of sp³-hybridized carbons (Fsp3) is 0.893. The summed E-state index contributed by atoms with van der Waals surface area (Å²) in [5.41, 5.74) is 0. The molecule has 198 valence electrons. The van der Waals surface area contributed by atoms with Crippen LogP contribution in [0.15, 0.2) is 0 Å². The van der Waals surface area contributed by atoms with Crippen LogP contribution >= 0.6 is 0 Å². The molecule has 0 aromatic carbocycles. The molecule has 1 aliphatic heterocycles. The fourth-order valence-electron chi connectivity index (χ4n) is 4.68. The summed E-state index contributed by atoms with van der Waals surface area (Å²) in [5, 5.41) is 2.62. The lowest BCUT2D eigenvalue weighted by Gasteiger charge is -2.37. The maximum absolute atomic E-state index is 12.8. The van der Waals surface area contributed by atoms with Gasteiger partial charge in [-0.05, 0) is 37.5 Å². The first kappa shape index (κ1) is 30.4. The molecule has 1 saturated heterocycles. The molecule has 1 aliphatic rings. The van der Waals surface area contributed by atoms with Crippen LogP contribution in [0.5, 0.6) is 0 Å². The Bertz CT molecular complexity index is 577. The Balaban J connectivity index is 2.63. The summed E-state index contributed by atoms with van der Waals surface area (Å²) in [5.74, 6) is 0.355. The largest absolute Gasteiger partial charge is 0.461 e. The van der Waals surface area contributed by atoms with Gasteiger partial charge in [0.2, 0.25) is 6.41 Å². The van der Waals surface area contributed by atoms with E-state index in [-0.39, 0.29) is 36.0 Å². The number of carbonyl (C=O) groups excluding carboxylic acids is 3. The van der Waals surface area contributed by atoms with Gasteiger partial charge in [0, 0.05) is 6.42 Å². The van der Waals surface area contributed by atoms with E-state index in [1.54, 1.807) is 0 Å². The maximum Gasteiger partial charge on any atom is 0.328 e. The number of hydrogen-bond acceptors (Lipinski definition) is 5. The van der Waals surface area contributed by atoms with Crippen LogP contribution in [0.3, 0.4) is 0 Å². The second-order valence-corrected chi connectivity index (χ2v) is 10.9. The Morgan fingerprint density at radius 2 is 1.62 bits per heavy atom. The molecule has 0 unspecified atom stereocenters. The van der Waals surface area contributed by atoms with Crippen molar-refractivity contribution < 1.29 is 23.9 Å². The molecule has 6 nitrogen and oxygen atoms in total. The molecule has 0 bridgehead atoms. The van der Waals surface area contributed by atoms with Crippen molar-refractivity contribution in [3.05, 3.63) is 0 Å². The molecule has 1 heterocycles. The minimum atomic E-state index is -0.634. The quantitative estimate of drug-likeness (QED) is 0.117. The summed E-state index contributed by atoms with van der Waals surface area (Å²) in [4.78, 5) is 35.9. The molecular formula is C28H51NO5. The lowest BCUT2D eigenvalue weighted by molar-refractivity contribution is -0.190. The van der Waals surface area contributed by atoms with Crippen LogP contribution in [-0.4, -0.2) is 36.6 Å². The lowest BCUT2D eigenvalue weighted by Crippen LogP contribution is -2.48. The van der Waals surface area contributed by atoms with E-state index in [0.717, 1.165) is 38.5 Å². The minimum absolute atomic E-state index is 0.0815. The number of amides is 1. The van der Waals surface area contributed by atoms with E-state index in [2.05, 4.69) is 26.1 Å². The molecule has 34 heavy (non-hydrogen) atoms. The smallest absolute Gasteiger partial charge is 0.328 e. The molecule has 0 saturated carbocycles. The molecule has 4 atom stereocenters. The standard InChI is InChI=1S/C28H51NO5/c1-6-7-8-9-10-11-12-16-23(33-28(32)25(29-20-30)18-22(4)5)19-26-24(27(31)34-26)17-14-13-15-21(2)3/h20-26H,6-19H2,1-5H3,(H,29,30)/t23-,24-,25-,26-/m0/s1. The number of rotatable bonds is 21. The molecule has 0 radical (unpaired) electrons. The molecule has 6 heteroatoms. The van der Waals surface area contributed by atoms with Crippen LogP contribution in [0.2, 0.25) is 0 Å². The number of nitrogens with one attached hydrogen (secondary N) is 1. The van der Waals surface area contributed by atoms with Crippen molar-refractivity contribution in [2.75, 3.05) is 0 Å². The first-order valence-corrected chi connectivity index (χ1v) is 13.9. The van der Waals surface area contributed by atoms with Gasteiger partial charge in [-0.25, -0.2) is 4.79 Å². The number of ether oxygens (including phenoxy) is 2. The molecule has 1 rings (SSSR count). The van der Waals surface area contributed by atoms with Gasteiger partial charge in [0.25, 0.3) is 0 Å². The number of esters is 2. The molecule has 1 amide bonds. The Morgan fingerprint density at radius 1 is 0.971 bits per heavy atom. The maximum atomic E-state index is 12.8. The Morgan fingerprint density at radius 3 is 2.21 bits per heavy atom. The second-order valence-electron chi connectivity index (χ2n) is 10.9. The van der Waals surface area contributed by atoms with E-state index >= 15 is 0 Å². The minimum Gasteiger partial charge on any atom is -0.461 e. The predicted octanol–water partition coefficient (Wildman–Crippen LogP) is 6.35. The van der Waals surface area contributed by atoms with Crippen molar-refractivity contribution in [2.45, 2.75) is 143 Å². The van der Waals surface area contributed by atoms with Crippen molar-refractivity contribution in [1.82, 2.24) is 5.32 Å². The Kier molecular flexibility index (Phi) is 15.9. The average Bonchev–Trinajstić information content (AvgIpc) is 2.76. The summed E-state index contributed by atoms with van der Waals surface area (Å²) >= 11 is 0. The van der Waals surface area contributed by atoms with Gasteiger partial charge in [0.1, 0.15) is 18.2 Å². The third-order valence-corrected chi connectivity index (χ3v) is 6.73. The number of carbonyl (C=O) groups is 3. The molecule has 0 aliphatic carbocycles. The third-order valence-electron chi connectivity index (χ3n) is 6.73. The summed E-state index contributed by atoms with van der Waals surface area (Å²) in [6.07, 6.45) is 14.5. The van der Waals surface area contributed by atoms with Gasteiger partial charge in [-0.3, -0.25) is 9.59 Å². The summed E-state index contributed by atoms with van der Waals surface area (Å²) < 4.78 is 11.4.